The molecule has 2 amide bonds. The summed E-state index contributed by atoms with van der Waals surface area (Å²) in [6.45, 7) is 8.35. The second kappa shape index (κ2) is 11.3. The molecule has 2 aromatic carbocycles. The van der Waals surface area contributed by atoms with Gasteiger partial charge in [0, 0.05) is 23.2 Å². The topological polar surface area (TPSA) is 148 Å². The number of carbonyl (C=O) groups is 2. The second-order valence-electron chi connectivity index (χ2n) is 11.1. The number of anilines is 1. The number of nitrogens with zero attached hydrogens (tertiary/aromatic N) is 6. The normalized spacial score (nSPS) is 16.0. The quantitative estimate of drug-likeness (QED) is 0.363. The van der Waals surface area contributed by atoms with Gasteiger partial charge in [-0.05, 0) is 57.0 Å². The van der Waals surface area contributed by atoms with Gasteiger partial charge in [0.25, 0.3) is 21.8 Å². The standard InChI is InChI=1S/C31H31N7O5S/c1-18(2)38-17-25-28(30(38)40)32-15-22(33-25)16-37-11-12-43-26-14-24(27-19(3)7-5-8-20(27)4)34-31(35-26)36-44(41,42)23-10-6-9-21(13-23)29(37)39/h5-10,13-15,18H,11-12,16-17H2,1-4H3,(H,34,35,36). The number of aromatic nitrogens is 4. The summed E-state index contributed by atoms with van der Waals surface area (Å²) in [6.07, 6.45) is 1.49. The summed E-state index contributed by atoms with van der Waals surface area (Å²) in [5.74, 6) is -0.581. The van der Waals surface area contributed by atoms with Gasteiger partial charge in [0.05, 0.1) is 47.8 Å². The van der Waals surface area contributed by atoms with E-state index in [4.69, 9.17) is 4.74 Å². The van der Waals surface area contributed by atoms with Crippen LogP contribution in [0.1, 0.15) is 57.2 Å². The number of amides is 2. The lowest BCUT2D eigenvalue weighted by Gasteiger charge is -2.23. The van der Waals surface area contributed by atoms with Crippen LogP contribution >= 0.6 is 0 Å². The van der Waals surface area contributed by atoms with Crippen LogP contribution in [-0.4, -0.2) is 69.2 Å². The molecule has 0 spiro atoms. The Morgan fingerprint density at radius 3 is 2.48 bits per heavy atom. The zero-order valence-electron chi connectivity index (χ0n) is 24.7. The van der Waals surface area contributed by atoms with E-state index in [0.29, 0.717) is 29.3 Å². The molecule has 12 nitrogen and oxygen atoms in total. The number of sulfonamides is 1. The molecule has 2 aliphatic rings. The Morgan fingerprint density at radius 2 is 1.73 bits per heavy atom. The Morgan fingerprint density at radius 1 is 0.977 bits per heavy atom. The summed E-state index contributed by atoms with van der Waals surface area (Å²) in [5.41, 5.74) is 4.79. The van der Waals surface area contributed by atoms with Gasteiger partial charge in [-0.15, -0.1) is 0 Å². The van der Waals surface area contributed by atoms with Crippen molar-refractivity contribution in [2.45, 2.75) is 51.7 Å². The first-order valence-electron chi connectivity index (χ1n) is 14.2. The molecule has 4 heterocycles. The van der Waals surface area contributed by atoms with Crippen LogP contribution in [0.5, 0.6) is 5.88 Å². The average Bonchev–Trinajstić information content (AvgIpc) is 3.31. The van der Waals surface area contributed by atoms with Gasteiger partial charge in [-0.25, -0.2) is 28.1 Å². The van der Waals surface area contributed by atoms with Crippen LogP contribution in [0.25, 0.3) is 11.3 Å². The molecule has 13 heteroatoms. The largest absolute Gasteiger partial charge is 0.476 e. The highest BCUT2D eigenvalue weighted by atomic mass is 32.2. The molecule has 4 aromatic rings. The van der Waals surface area contributed by atoms with Gasteiger partial charge in [0.1, 0.15) is 6.61 Å². The number of ether oxygens (including phenoxy) is 1. The van der Waals surface area contributed by atoms with Crippen molar-refractivity contribution in [3.63, 3.8) is 0 Å². The van der Waals surface area contributed by atoms with E-state index in [0.717, 1.165) is 16.7 Å². The lowest BCUT2D eigenvalue weighted by Crippen LogP contribution is -2.34. The average molecular weight is 614 g/mol. The maximum atomic E-state index is 13.8. The van der Waals surface area contributed by atoms with Crippen LogP contribution in [0.4, 0.5) is 5.95 Å². The second-order valence-corrected chi connectivity index (χ2v) is 12.8. The van der Waals surface area contributed by atoms with Gasteiger partial charge in [0.15, 0.2) is 5.69 Å². The maximum Gasteiger partial charge on any atom is 0.275 e. The predicted molar refractivity (Wildman–Crippen MR) is 161 cm³/mol. The van der Waals surface area contributed by atoms with E-state index in [9.17, 15) is 18.0 Å². The van der Waals surface area contributed by atoms with Crippen LogP contribution in [0.2, 0.25) is 0 Å². The molecule has 0 saturated carbocycles. The van der Waals surface area contributed by atoms with Crippen LogP contribution in [0.3, 0.4) is 0 Å². The molecular weight excluding hydrogens is 582 g/mol. The molecule has 1 N–H and O–H groups in total. The number of rotatable bonds is 4. The fraction of sp³-hybridized carbons (Fsp3) is 0.290. The maximum absolute atomic E-state index is 13.8. The van der Waals surface area contributed by atoms with Gasteiger partial charge in [-0.2, -0.15) is 4.98 Å². The van der Waals surface area contributed by atoms with E-state index < -0.39 is 15.9 Å². The van der Waals surface area contributed by atoms with Gasteiger partial charge in [-0.1, -0.05) is 24.3 Å². The lowest BCUT2D eigenvalue weighted by atomic mass is 10.00. The minimum Gasteiger partial charge on any atom is -0.476 e. The molecular formula is C31H31N7O5S. The van der Waals surface area contributed by atoms with Crippen LogP contribution < -0.4 is 9.46 Å². The molecule has 44 heavy (non-hydrogen) atoms. The van der Waals surface area contributed by atoms with Crippen molar-refractivity contribution >= 4 is 27.8 Å². The lowest BCUT2D eigenvalue weighted by molar-refractivity contribution is 0.0709. The van der Waals surface area contributed by atoms with Crippen LogP contribution in [0.15, 0.2) is 59.6 Å². The third-order valence-corrected chi connectivity index (χ3v) is 8.94. The fourth-order valence-corrected chi connectivity index (χ4v) is 6.37. The summed E-state index contributed by atoms with van der Waals surface area (Å²) in [6, 6.07) is 13.3. The van der Waals surface area contributed by atoms with Crippen molar-refractivity contribution < 1.29 is 22.7 Å². The van der Waals surface area contributed by atoms with Gasteiger partial charge < -0.3 is 14.5 Å². The molecule has 226 valence electrons. The van der Waals surface area contributed by atoms with E-state index in [2.05, 4.69) is 24.7 Å². The molecule has 2 aliphatic heterocycles. The SMILES string of the molecule is Cc1cccc(C)c1-c1cc2nc(n1)NS(=O)(=O)c1cccc(c1)C(=O)N(Cc1cnc3c(n1)CN(C(C)C)C3=O)CCO2. The summed E-state index contributed by atoms with van der Waals surface area (Å²) >= 11 is 0. The van der Waals surface area contributed by atoms with Gasteiger partial charge in [-0.3, -0.25) is 9.59 Å². The Hall–Kier alpha value is -4.91. The first-order valence-corrected chi connectivity index (χ1v) is 15.6. The minimum absolute atomic E-state index is 0.00425. The van der Waals surface area contributed by atoms with E-state index in [1.807, 2.05) is 45.9 Å². The molecule has 4 bridgehead atoms. The van der Waals surface area contributed by atoms with E-state index in [1.165, 1.54) is 29.3 Å². The smallest absolute Gasteiger partial charge is 0.275 e. The Kier molecular flexibility index (Phi) is 7.49. The van der Waals surface area contributed by atoms with Crippen molar-refractivity contribution in [1.29, 1.82) is 0 Å². The molecule has 0 atom stereocenters. The zero-order chi connectivity index (χ0) is 31.2. The first-order chi connectivity index (χ1) is 21.0. The summed E-state index contributed by atoms with van der Waals surface area (Å²) < 4.78 is 35.3. The van der Waals surface area contributed by atoms with Crippen molar-refractivity contribution in [3.05, 3.63) is 88.5 Å². The number of aryl methyl sites for hydroxylation is 2. The number of carbonyl (C=O) groups excluding carboxylic acids is 2. The summed E-state index contributed by atoms with van der Waals surface area (Å²) in [5, 5.41) is 0. The van der Waals surface area contributed by atoms with E-state index in [1.54, 1.807) is 17.0 Å². The Balaban J connectivity index is 1.37. The molecule has 0 fully saturated rings. The molecule has 0 aliphatic carbocycles. The number of benzene rings is 2. The number of nitrogens with one attached hydrogen (secondary N) is 1. The Labute approximate surface area is 255 Å². The van der Waals surface area contributed by atoms with Crippen LogP contribution in [-0.2, 0) is 23.1 Å². The van der Waals surface area contributed by atoms with E-state index in [-0.39, 0.29) is 53.9 Å². The van der Waals surface area contributed by atoms with Crippen molar-refractivity contribution in [3.8, 4) is 17.1 Å². The summed E-state index contributed by atoms with van der Waals surface area (Å²) in [4.78, 5) is 47.4. The summed E-state index contributed by atoms with van der Waals surface area (Å²) in [7, 11) is -4.16. The van der Waals surface area contributed by atoms with E-state index >= 15 is 0 Å². The fourth-order valence-electron chi connectivity index (χ4n) is 5.38. The molecule has 6 rings (SSSR count). The third kappa shape index (κ3) is 5.57. The molecule has 0 saturated heterocycles. The number of fused-ring (bicyclic) bond motifs is 5. The zero-order valence-corrected chi connectivity index (χ0v) is 25.6. The van der Waals surface area contributed by atoms with Crippen molar-refractivity contribution in [2.24, 2.45) is 0 Å². The minimum atomic E-state index is -4.16. The monoisotopic (exact) mass is 613 g/mol. The predicted octanol–water partition coefficient (Wildman–Crippen LogP) is 3.75. The molecule has 0 radical (unpaired) electrons. The number of hydrogen-bond donors (Lipinski definition) is 1. The Bertz CT molecular complexity index is 1890. The third-order valence-electron chi connectivity index (χ3n) is 7.61. The van der Waals surface area contributed by atoms with Gasteiger partial charge in [0.2, 0.25) is 11.8 Å². The highest BCUT2D eigenvalue weighted by Gasteiger charge is 2.32. The van der Waals surface area contributed by atoms with Crippen molar-refractivity contribution in [2.75, 3.05) is 17.9 Å². The number of hydrogen-bond acceptors (Lipinski definition) is 9. The highest BCUT2D eigenvalue weighted by Crippen LogP contribution is 2.30. The first kappa shape index (κ1) is 29.2. The van der Waals surface area contributed by atoms with Crippen LogP contribution in [0, 0.1) is 13.8 Å². The van der Waals surface area contributed by atoms with Gasteiger partial charge >= 0.3 is 0 Å². The molecule has 0 unspecified atom stereocenters. The molecule has 2 aromatic heterocycles. The van der Waals surface area contributed by atoms with Crippen molar-refractivity contribution in [1.82, 2.24) is 29.7 Å². The highest BCUT2D eigenvalue weighted by molar-refractivity contribution is 7.92.